The third-order valence-corrected chi connectivity index (χ3v) is 3.03. The SMILES string of the molecule is CC(C)(C)OC(=O)NCCC(=O)NCc1ccc2occc2c1. The van der Waals surface area contributed by atoms with E-state index in [2.05, 4.69) is 10.6 Å². The molecule has 0 saturated heterocycles. The van der Waals surface area contributed by atoms with Crippen LogP contribution in [0.15, 0.2) is 34.9 Å². The van der Waals surface area contributed by atoms with Crippen LogP contribution in [-0.4, -0.2) is 24.1 Å². The molecule has 0 atom stereocenters. The Labute approximate surface area is 135 Å². The highest BCUT2D eigenvalue weighted by atomic mass is 16.6. The van der Waals surface area contributed by atoms with Gasteiger partial charge >= 0.3 is 6.09 Å². The first kappa shape index (κ1) is 16.9. The van der Waals surface area contributed by atoms with Gasteiger partial charge in [-0.2, -0.15) is 0 Å². The third-order valence-electron chi connectivity index (χ3n) is 3.03. The van der Waals surface area contributed by atoms with Gasteiger partial charge in [0.2, 0.25) is 5.91 Å². The molecule has 6 nitrogen and oxygen atoms in total. The molecule has 2 N–H and O–H groups in total. The first-order valence-corrected chi connectivity index (χ1v) is 7.53. The van der Waals surface area contributed by atoms with Crippen molar-refractivity contribution < 1.29 is 18.7 Å². The minimum Gasteiger partial charge on any atom is -0.464 e. The van der Waals surface area contributed by atoms with E-state index in [1.165, 1.54) is 0 Å². The van der Waals surface area contributed by atoms with E-state index in [0.29, 0.717) is 6.54 Å². The van der Waals surface area contributed by atoms with Crippen LogP contribution >= 0.6 is 0 Å². The first-order valence-electron chi connectivity index (χ1n) is 7.53. The number of hydrogen-bond donors (Lipinski definition) is 2. The highest BCUT2D eigenvalue weighted by molar-refractivity contribution is 5.79. The molecule has 124 valence electrons. The van der Waals surface area contributed by atoms with Crippen LogP contribution in [0.4, 0.5) is 4.79 Å². The molecule has 1 heterocycles. The predicted octanol–water partition coefficient (Wildman–Crippen LogP) is 2.96. The number of nitrogens with one attached hydrogen (secondary N) is 2. The number of ether oxygens (including phenoxy) is 1. The number of furan rings is 1. The number of alkyl carbamates (subject to hydrolysis) is 1. The number of fused-ring (bicyclic) bond motifs is 1. The van der Waals surface area contributed by atoms with Gasteiger partial charge in [0.15, 0.2) is 0 Å². The van der Waals surface area contributed by atoms with Crippen LogP contribution in [0.1, 0.15) is 32.8 Å². The number of rotatable bonds is 5. The molecule has 23 heavy (non-hydrogen) atoms. The minimum atomic E-state index is -0.544. The van der Waals surface area contributed by atoms with Gasteiger partial charge in [0, 0.05) is 24.9 Å². The summed E-state index contributed by atoms with van der Waals surface area (Å²) in [6.07, 6.45) is 1.32. The molecular formula is C17H22N2O4. The molecule has 2 aromatic rings. The average Bonchev–Trinajstić information content (AvgIpc) is 2.90. The highest BCUT2D eigenvalue weighted by Crippen LogP contribution is 2.16. The largest absolute Gasteiger partial charge is 0.464 e. The van der Waals surface area contributed by atoms with Gasteiger partial charge in [0.25, 0.3) is 0 Å². The molecule has 2 amide bonds. The van der Waals surface area contributed by atoms with Crippen LogP contribution in [0.3, 0.4) is 0 Å². The second-order valence-electron chi connectivity index (χ2n) is 6.25. The van der Waals surface area contributed by atoms with Gasteiger partial charge in [0.05, 0.1) is 6.26 Å². The van der Waals surface area contributed by atoms with Crippen molar-refractivity contribution in [3.05, 3.63) is 36.1 Å². The van der Waals surface area contributed by atoms with Gasteiger partial charge in [-0.05, 0) is 44.5 Å². The summed E-state index contributed by atoms with van der Waals surface area (Å²) in [6.45, 7) is 6.04. The Kier molecular flexibility index (Phi) is 5.26. The molecule has 0 aliphatic carbocycles. The standard InChI is InChI=1S/C17H22N2O4/c1-17(2,3)23-16(21)18-8-6-15(20)19-11-12-4-5-14-13(10-12)7-9-22-14/h4-5,7,9-10H,6,8,11H2,1-3H3,(H,18,21)(H,19,20). The summed E-state index contributed by atoms with van der Waals surface area (Å²) >= 11 is 0. The fourth-order valence-electron chi connectivity index (χ4n) is 2.01. The Morgan fingerprint density at radius 1 is 1.17 bits per heavy atom. The van der Waals surface area contributed by atoms with Crippen molar-refractivity contribution in [3.63, 3.8) is 0 Å². The lowest BCUT2D eigenvalue weighted by Crippen LogP contribution is -2.35. The molecule has 0 fully saturated rings. The normalized spacial score (nSPS) is 11.3. The maximum atomic E-state index is 11.8. The monoisotopic (exact) mass is 318 g/mol. The molecule has 0 bridgehead atoms. The summed E-state index contributed by atoms with van der Waals surface area (Å²) in [6, 6.07) is 7.63. The molecule has 1 aromatic carbocycles. The average molecular weight is 318 g/mol. The summed E-state index contributed by atoms with van der Waals surface area (Å²) in [5, 5.41) is 6.37. The molecule has 0 saturated carbocycles. The van der Waals surface area contributed by atoms with Crippen molar-refractivity contribution in [2.24, 2.45) is 0 Å². The quantitative estimate of drug-likeness (QED) is 0.888. The van der Waals surface area contributed by atoms with E-state index in [9.17, 15) is 9.59 Å². The Balaban J connectivity index is 1.69. The van der Waals surface area contributed by atoms with Gasteiger partial charge in [-0.1, -0.05) is 6.07 Å². The van der Waals surface area contributed by atoms with Gasteiger partial charge in [0.1, 0.15) is 11.2 Å². The zero-order valence-electron chi connectivity index (χ0n) is 13.6. The van der Waals surface area contributed by atoms with Gasteiger partial charge in [-0.25, -0.2) is 4.79 Å². The molecule has 0 aliphatic heterocycles. The summed E-state index contributed by atoms with van der Waals surface area (Å²) in [5.41, 5.74) is 1.27. The second-order valence-corrected chi connectivity index (χ2v) is 6.25. The Morgan fingerprint density at radius 2 is 1.96 bits per heavy atom. The van der Waals surface area contributed by atoms with Crippen LogP contribution in [0.5, 0.6) is 0 Å². The molecular weight excluding hydrogens is 296 g/mol. The van der Waals surface area contributed by atoms with E-state index in [1.54, 1.807) is 27.0 Å². The topological polar surface area (TPSA) is 80.6 Å². The van der Waals surface area contributed by atoms with Crippen molar-refractivity contribution >= 4 is 23.0 Å². The Morgan fingerprint density at radius 3 is 2.70 bits per heavy atom. The van der Waals surface area contributed by atoms with Crippen molar-refractivity contribution in [2.75, 3.05) is 6.54 Å². The Bertz CT molecular complexity index is 685. The van der Waals surface area contributed by atoms with E-state index in [1.807, 2.05) is 24.3 Å². The van der Waals surface area contributed by atoms with E-state index in [-0.39, 0.29) is 18.9 Å². The van der Waals surface area contributed by atoms with Crippen LogP contribution in [-0.2, 0) is 16.1 Å². The van der Waals surface area contributed by atoms with Crippen LogP contribution in [0.2, 0.25) is 0 Å². The molecule has 0 unspecified atom stereocenters. The van der Waals surface area contributed by atoms with Crippen LogP contribution < -0.4 is 10.6 Å². The number of amides is 2. The van der Waals surface area contributed by atoms with Crippen molar-refractivity contribution in [3.8, 4) is 0 Å². The van der Waals surface area contributed by atoms with E-state index in [0.717, 1.165) is 16.5 Å². The van der Waals surface area contributed by atoms with Crippen LogP contribution in [0, 0.1) is 0 Å². The smallest absolute Gasteiger partial charge is 0.407 e. The van der Waals surface area contributed by atoms with E-state index >= 15 is 0 Å². The predicted molar refractivity (Wildman–Crippen MR) is 86.9 cm³/mol. The van der Waals surface area contributed by atoms with Crippen molar-refractivity contribution in [2.45, 2.75) is 39.3 Å². The number of carbonyl (C=O) groups is 2. The lowest BCUT2D eigenvalue weighted by Gasteiger charge is -2.19. The van der Waals surface area contributed by atoms with Gasteiger partial charge < -0.3 is 19.8 Å². The zero-order chi connectivity index (χ0) is 16.9. The second kappa shape index (κ2) is 7.17. The maximum absolute atomic E-state index is 11.8. The minimum absolute atomic E-state index is 0.131. The lowest BCUT2D eigenvalue weighted by molar-refractivity contribution is -0.121. The summed E-state index contributed by atoms with van der Waals surface area (Å²) in [4.78, 5) is 23.2. The van der Waals surface area contributed by atoms with Crippen molar-refractivity contribution in [1.82, 2.24) is 10.6 Å². The Hall–Kier alpha value is -2.50. The molecule has 0 aliphatic rings. The number of carbonyl (C=O) groups excluding carboxylic acids is 2. The van der Waals surface area contributed by atoms with E-state index < -0.39 is 11.7 Å². The third kappa shape index (κ3) is 5.65. The fourth-order valence-corrected chi connectivity index (χ4v) is 2.01. The fraction of sp³-hybridized carbons (Fsp3) is 0.412. The molecule has 2 rings (SSSR count). The zero-order valence-corrected chi connectivity index (χ0v) is 13.6. The van der Waals surface area contributed by atoms with Gasteiger partial charge in [-0.3, -0.25) is 4.79 Å². The highest BCUT2D eigenvalue weighted by Gasteiger charge is 2.15. The number of benzene rings is 1. The summed E-state index contributed by atoms with van der Waals surface area (Å²) in [5.74, 6) is -0.131. The molecule has 6 heteroatoms. The maximum Gasteiger partial charge on any atom is 0.407 e. The summed E-state index contributed by atoms with van der Waals surface area (Å²) < 4.78 is 10.4. The molecule has 1 aromatic heterocycles. The van der Waals surface area contributed by atoms with Crippen LogP contribution in [0.25, 0.3) is 11.0 Å². The van der Waals surface area contributed by atoms with E-state index in [4.69, 9.17) is 9.15 Å². The first-order chi connectivity index (χ1) is 10.8. The lowest BCUT2D eigenvalue weighted by atomic mass is 10.1. The molecule has 0 radical (unpaired) electrons. The number of hydrogen-bond acceptors (Lipinski definition) is 4. The summed E-state index contributed by atoms with van der Waals surface area (Å²) in [7, 11) is 0. The van der Waals surface area contributed by atoms with Gasteiger partial charge in [-0.15, -0.1) is 0 Å². The van der Waals surface area contributed by atoms with Crippen molar-refractivity contribution in [1.29, 1.82) is 0 Å². The molecule has 0 spiro atoms.